The molecule has 96 valence electrons. The van der Waals surface area contributed by atoms with Crippen LogP contribution in [0.1, 0.15) is 6.42 Å². The van der Waals surface area contributed by atoms with Gasteiger partial charge in [0.2, 0.25) is 0 Å². The highest BCUT2D eigenvalue weighted by Crippen LogP contribution is 2.25. The first-order valence-corrected chi connectivity index (χ1v) is 6.38. The largest absolute Gasteiger partial charge is 0.390 e. The lowest BCUT2D eigenvalue weighted by atomic mass is 10.1. The molecule has 2 nitrogen and oxygen atoms in total. The van der Waals surface area contributed by atoms with E-state index in [2.05, 4.69) is 27.7 Å². The SMILES string of the molecule is FC(F)(F)CCn1cc(-c2ccccc2I)cn1. The minimum absolute atomic E-state index is 0.146. The van der Waals surface area contributed by atoms with Crippen LogP contribution >= 0.6 is 22.6 Å². The average molecular weight is 366 g/mol. The van der Waals surface area contributed by atoms with Crippen LogP contribution in [0.2, 0.25) is 0 Å². The van der Waals surface area contributed by atoms with Crippen LogP contribution in [0.5, 0.6) is 0 Å². The van der Waals surface area contributed by atoms with Crippen LogP contribution in [-0.2, 0) is 6.54 Å². The van der Waals surface area contributed by atoms with Crippen molar-refractivity contribution >= 4 is 22.6 Å². The highest BCUT2D eigenvalue weighted by atomic mass is 127. The summed E-state index contributed by atoms with van der Waals surface area (Å²) in [6.45, 7) is -0.146. The van der Waals surface area contributed by atoms with Gasteiger partial charge in [-0.2, -0.15) is 18.3 Å². The summed E-state index contributed by atoms with van der Waals surface area (Å²) in [5, 5.41) is 3.95. The van der Waals surface area contributed by atoms with Crippen LogP contribution in [-0.4, -0.2) is 16.0 Å². The molecular weight excluding hydrogens is 356 g/mol. The molecule has 2 aromatic rings. The predicted octanol–water partition coefficient (Wildman–Crippen LogP) is 4.11. The minimum atomic E-state index is -4.15. The first-order chi connectivity index (χ1) is 8.46. The van der Waals surface area contributed by atoms with E-state index in [0.717, 1.165) is 14.7 Å². The second-order valence-electron chi connectivity index (χ2n) is 3.84. The van der Waals surface area contributed by atoms with Gasteiger partial charge in [-0.3, -0.25) is 4.68 Å². The number of hydrogen-bond acceptors (Lipinski definition) is 1. The van der Waals surface area contributed by atoms with E-state index in [1.165, 1.54) is 4.68 Å². The number of benzene rings is 1. The maximum Gasteiger partial charge on any atom is 0.390 e. The molecule has 0 aliphatic rings. The Bertz CT molecular complexity index is 534. The minimum Gasteiger partial charge on any atom is -0.272 e. The van der Waals surface area contributed by atoms with E-state index in [1.807, 2.05) is 24.3 Å². The molecule has 1 heterocycles. The van der Waals surface area contributed by atoms with Gasteiger partial charge in [0.15, 0.2) is 0 Å². The van der Waals surface area contributed by atoms with Crippen molar-refractivity contribution in [3.05, 3.63) is 40.2 Å². The summed E-state index contributed by atoms with van der Waals surface area (Å²) in [4.78, 5) is 0. The molecule has 0 fully saturated rings. The van der Waals surface area contributed by atoms with Gasteiger partial charge in [0, 0.05) is 21.9 Å². The van der Waals surface area contributed by atoms with E-state index in [1.54, 1.807) is 12.4 Å². The molecule has 1 aromatic heterocycles. The summed E-state index contributed by atoms with van der Waals surface area (Å²) in [6, 6.07) is 7.68. The number of nitrogens with zero attached hydrogens (tertiary/aromatic N) is 2. The van der Waals surface area contributed by atoms with Crippen molar-refractivity contribution in [3.8, 4) is 11.1 Å². The third kappa shape index (κ3) is 3.47. The van der Waals surface area contributed by atoms with Crippen LogP contribution in [0, 0.1) is 3.57 Å². The molecule has 0 atom stereocenters. The molecule has 6 heteroatoms. The lowest BCUT2D eigenvalue weighted by Crippen LogP contribution is -2.12. The second kappa shape index (κ2) is 5.29. The van der Waals surface area contributed by atoms with Crippen molar-refractivity contribution in [1.82, 2.24) is 9.78 Å². The summed E-state index contributed by atoms with van der Waals surface area (Å²) in [5.41, 5.74) is 1.82. The van der Waals surface area contributed by atoms with E-state index >= 15 is 0 Å². The van der Waals surface area contributed by atoms with Crippen LogP contribution in [0.3, 0.4) is 0 Å². The molecule has 2 rings (SSSR count). The maximum absolute atomic E-state index is 12.1. The normalized spacial score (nSPS) is 11.8. The quantitative estimate of drug-likeness (QED) is 0.748. The summed E-state index contributed by atoms with van der Waals surface area (Å²) in [7, 11) is 0. The van der Waals surface area contributed by atoms with Crippen LogP contribution < -0.4 is 0 Å². The molecule has 0 spiro atoms. The Morgan fingerprint density at radius 1 is 1.22 bits per heavy atom. The van der Waals surface area contributed by atoms with Crippen molar-refractivity contribution in [3.63, 3.8) is 0 Å². The van der Waals surface area contributed by atoms with Crippen LogP contribution in [0.15, 0.2) is 36.7 Å². The number of aryl methyl sites for hydroxylation is 1. The van der Waals surface area contributed by atoms with Crippen LogP contribution in [0.25, 0.3) is 11.1 Å². The molecule has 0 aliphatic heterocycles. The first-order valence-electron chi connectivity index (χ1n) is 5.30. The molecule has 0 bridgehead atoms. The fraction of sp³-hybridized carbons (Fsp3) is 0.250. The first kappa shape index (κ1) is 13.4. The Hall–Kier alpha value is -1.05. The Labute approximate surface area is 116 Å². The molecule has 0 amide bonds. The Morgan fingerprint density at radius 3 is 2.61 bits per heavy atom. The Kier molecular flexibility index (Phi) is 3.94. The summed E-state index contributed by atoms with van der Waals surface area (Å²) in [6.07, 6.45) is -1.77. The molecule has 18 heavy (non-hydrogen) atoms. The molecule has 0 saturated carbocycles. The zero-order valence-electron chi connectivity index (χ0n) is 9.28. The third-order valence-electron chi connectivity index (χ3n) is 2.44. The number of hydrogen-bond donors (Lipinski definition) is 0. The van der Waals surface area contributed by atoms with Gasteiger partial charge in [0.1, 0.15) is 0 Å². The van der Waals surface area contributed by atoms with E-state index in [0.29, 0.717) is 0 Å². The van der Waals surface area contributed by atoms with E-state index < -0.39 is 12.6 Å². The van der Waals surface area contributed by atoms with Gasteiger partial charge < -0.3 is 0 Å². The van der Waals surface area contributed by atoms with E-state index in [-0.39, 0.29) is 6.54 Å². The van der Waals surface area contributed by atoms with Gasteiger partial charge >= 0.3 is 6.18 Å². The molecule has 0 N–H and O–H groups in total. The number of aromatic nitrogens is 2. The lowest BCUT2D eigenvalue weighted by Gasteiger charge is -2.05. The zero-order valence-corrected chi connectivity index (χ0v) is 11.4. The van der Waals surface area contributed by atoms with E-state index in [9.17, 15) is 13.2 Å². The number of alkyl halides is 3. The second-order valence-corrected chi connectivity index (χ2v) is 5.00. The molecule has 0 saturated heterocycles. The number of rotatable bonds is 3. The summed E-state index contributed by atoms with van der Waals surface area (Å²) < 4.78 is 38.7. The Morgan fingerprint density at radius 2 is 1.94 bits per heavy atom. The Balaban J connectivity index is 2.14. The highest BCUT2D eigenvalue weighted by molar-refractivity contribution is 14.1. The third-order valence-corrected chi connectivity index (χ3v) is 3.38. The van der Waals surface area contributed by atoms with Gasteiger partial charge in [-0.15, -0.1) is 0 Å². The smallest absolute Gasteiger partial charge is 0.272 e. The lowest BCUT2D eigenvalue weighted by molar-refractivity contribution is -0.137. The van der Waals surface area contributed by atoms with Crippen molar-refractivity contribution in [2.45, 2.75) is 19.1 Å². The van der Waals surface area contributed by atoms with Crippen molar-refractivity contribution < 1.29 is 13.2 Å². The molecule has 1 aromatic carbocycles. The van der Waals surface area contributed by atoms with Gasteiger partial charge in [-0.05, 0) is 34.2 Å². The van der Waals surface area contributed by atoms with Gasteiger partial charge in [0.25, 0.3) is 0 Å². The van der Waals surface area contributed by atoms with Crippen molar-refractivity contribution in [2.75, 3.05) is 0 Å². The van der Waals surface area contributed by atoms with Crippen LogP contribution in [0.4, 0.5) is 13.2 Å². The average Bonchev–Trinajstić information content (AvgIpc) is 2.75. The monoisotopic (exact) mass is 366 g/mol. The van der Waals surface area contributed by atoms with Crippen molar-refractivity contribution in [2.24, 2.45) is 0 Å². The van der Waals surface area contributed by atoms with Gasteiger partial charge in [-0.1, -0.05) is 18.2 Å². The number of halogens is 4. The molecule has 0 aliphatic carbocycles. The predicted molar refractivity (Wildman–Crippen MR) is 71.1 cm³/mol. The topological polar surface area (TPSA) is 17.8 Å². The fourth-order valence-electron chi connectivity index (χ4n) is 1.56. The molecule has 0 radical (unpaired) electrons. The molecule has 0 unspecified atom stereocenters. The molecular formula is C12H10F3IN2. The van der Waals surface area contributed by atoms with Gasteiger partial charge in [-0.25, -0.2) is 0 Å². The van der Waals surface area contributed by atoms with Crippen molar-refractivity contribution in [1.29, 1.82) is 0 Å². The zero-order chi connectivity index (χ0) is 13.2. The maximum atomic E-state index is 12.1. The standard InChI is InChI=1S/C12H10F3IN2/c13-12(14,15)5-6-18-8-9(7-17-18)10-3-1-2-4-11(10)16/h1-4,7-8H,5-6H2. The highest BCUT2D eigenvalue weighted by Gasteiger charge is 2.26. The summed E-state index contributed by atoms with van der Waals surface area (Å²) in [5.74, 6) is 0. The van der Waals surface area contributed by atoms with Gasteiger partial charge in [0.05, 0.1) is 12.6 Å². The van der Waals surface area contributed by atoms with E-state index in [4.69, 9.17) is 0 Å². The summed E-state index contributed by atoms with van der Waals surface area (Å²) >= 11 is 2.19. The fourth-order valence-corrected chi connectivity index (χ4v) is 2.26.